The molecule has 1 rings (SSSR count). The highest BCUT2D eigenvalue weighted by Gasteiger charge is 2.24. The monoisotopic (exact) mass is 371 g/mol. The van der Waals surface area contributed by atoms with Gasteiger partial charge in [0.2, 0.25) is 11.8 Å². The Morgan fingerprint density at radius 1 is 1.16 bits per heavy atom. The SMILES string of the molecule is COC(=O)CNC(=O)C(NC(=O)CNSc1ccc(F)cc1)C(C)C. The first-order valence-electron chi connectivity index (χ1n) is 7.62. The zero-order valence-corrected chi connectivity index (χ0v) is 15.1. The second-order valence-corrected chi connectivity index (χ2v) is 6.42. The van der Waals surface area contributed by atoms with E-state index in [-0.39, 0.29) is 30.7 Å². The number of carbonyl (C=O) groups is 3. The number of hydrogen-bond acceptors (Lipinski definition) is 6. The van der Waals surface area contributed by atoms with E-state index in [1.165, 1.54) is 31.2 Å². The lowest BCUT2D eigenvalue weighted by molar-refractivity contribution is -0.141. The molecule has 0 bridgehead atoms. The van der Waals surface area contributed by atoms with Crippen LogP contribution in [0.5, 0.6) is 0 Å². The second-order valence-electron chi connectivity index (χ2n) is 5.46. The normalized spacial score (nSPS) is 11.7. The van der Waals surface area contributed by atoms with Crippen LogP contribution in [0.4, 0.5) is 4.39 Å². The Bertz CT molecular complexity index is 596. The van der Waals surface area contributed by atoms with Crippen LogP contribution in [-0.2, 0) is 19.1 Å². The molecule has 3 N–H and O–H groups in total. The third kappa shape index (κ3) is 7.99. The van der Waals surface area contributed by atoms with Gasteiger partial charge in [0, 0.05) is 4.90 Å². The molecule has 1 aromatic carbocycles. The lowest BCUT2D eigenvalue weighted by atomic mass is 10.0. The number of amides is 2. The number of benzene rings is 1. The number of carbonyl (C=O) groups excluding carboxylic acids is 3. The van der Waals surface area contributed by atoms with Crippen molar-refractivity contribution in [3.8, 4) is 0 Å². The third-order valence-corrected chi connectivity index (χ3v) is 3.93. The number of hydrogen-bond donors (Lipinski definition) is 3. The Hall–Kier alpha value is -2.13. The largest absolute Gasteiger partial charge is 0.468 e. The van der Waals surface area contributed by atoms with Crippen molar-refractivity contribution in [2.24, 2.45) is 5.92 Å². The van der Waals surface area contributed by atoms with E-state index in [9.17, 15) is 18.8 Å². The van der Waals surface area contributed by atoms with Gasteiger partial charge < -0.3 is 15.4 Å². The first-order chi connectivity index (χ1) is 11.8. The van der Waals surface area contributed by atoms with E-state index in [0.717, 1.165) is 4.90 Å². The molecule has 2 amide bonds. The van der Waals surface area contributed by atoms with Gasteiger partial charge in [-0.05, 0) is 42.1 Å². The van der Waals surface area contributed by atoms with Gasteiger partial charge in [-0.25, -0.2) is 4.39 Å². The predicted octanol–water partition coefficient (Wildman–Crippen LogP) is 0.852. The summed E-state index contributed by atoms with van der Waals surface area (Å²) in [5.41, 5.74) is 0. The zero-order chi connectivity index (χ0) is 18.8. The second kappa shape index (κ2) is 10.7. The average molecular weight is 371 g/mol. The van der Waals surface area contributed by atoms with Gasteiger partial charge in [0.15, 0.2) is 0 Å². The first-order valence-corrected chi connectivity index (χ1v) is 8.44. The van der Waals surface area contributed by atoms with Crippen LogP contribution in [0, 0.1) is 11.7 Å². The van der Waals surface area contributed by atoms with E-state index >= 15 is 0 Å². The van der Waals surface area contributed by atoms with Crippen molar-refractivity contribution in [3.05, 3.63) is 30.1 Å². The van der Waals surface area contributed by atoms with Crippen LogP contribution in [-0.4, -0.2) is 44.0 Å². The Morgan fingerprint density at radius 2 is 1.80 bits per heavy atom. The summed E-state index contributed by atoms with van der Waals surface area (Å²) in [5.74, 6) is -1.90. The van der Waals surface area contributed by atoms with Crippen LogP contribution < -0.4 is 15.4 Å². The number of ether oxygens (including phenoxy) is 1. The fourth-order valence-electron chi connectivity index (χ4n) is 1.79. The summed E-state index contributed by atoms with van der Waals surface area (Å²) in [6.45, 7) is 3.27. The van der Waals surface area contributed by atoms with Crippen LogP contribution in [0.15, 0.2) is 29.2 Å². The van der Waals surface area contributed by atoms with Gasteiger partial charge in [0.1, 0.15) is 18.4 Å². The van der Waals surface area contributed by atoms with Crippen LogP contribution in [0.1, 0.15) is 13.8 Å². The zero-order valence-electron chi connectivity index (χ0n) is 14.3. The maximum absolute atomic E-state index is 12.8. The minimum absolute atomic E-state index is 0.0322. The van der Waals surface area contributed by atoms with Gasteiger partial charge in [-0.2, -0.15) is 0 Å². The van der Waals surface area contributed by atoms with Gasteiger partial charge in [-0.3, -0.25) is 19.1 Å². The van der Waals surface area contributed by atoms with Gasteiger partial charge in [0.05, 0.1) is 13.7 Å². The summed E-state index contributed by atoms with van der Waals surface area (Å²) in [7, 11) is 1.22. The molecule has 0 spiro atoms. The van der Waals surface area contributed by atoms with Gasteiger partial charge >= 0.3 is 5.97 Å². The molecular formula is C16H22FN3O4S. The summed E-state index contributed by atoms with van der Waals surface area (Å²) in [5, 5.41) is 5.03. The average Bonchev–Trinajstić information content (AvgIpc) is 2.58. The van der Waals surface area contributed by atoms with Gasteiger partial charge in [-0.1, -0.05) is 13.8 Å². The van der Waals surface area contributed by atoms with Crippen LogP contribution in [0.25, 0.3) is 0 Å². The van der Waals surface area contributed by atoms with Gasteiger partial charge in [-0.15, -0.1) is 0 Å². The lowest BCUT2D eigenvalue weighted by Gasteiger charge is -2.21. The Kier molecular flexibility index (Phi) is 8.93. The molecule has 0 aromatic heterocycles. The standard InChI is InChI=1S/C16H22FN3O4S/c1-10(2)15(16(23)18-9-14(22)24-3)20-13(21)8-19-25-12-6-4-11(17)5-7-12/h4-7,10,15,19H,8-9H2,1-3H3,(H,18,23)(H,20,21). The van der Waals surface area contributed by atoms with Crippen molar-refractivity contribution in [1.29, 1.82) is 0 Å². The summed E-state index contributed by atoms with van der Waals surface area (Å²) >= 11 is 1.18. The molecule has 1 aromatic rings. The number of nitrogens with one attached hydrogen (secondary N) is 3. The molecule has 0 saturated heterocycles. The molecule has 1 atom stereocenters. The van der Waals surface area contributed by atoms with E-state index < -0.39 is 17.9 Å². The van der Waals surface area contributed by atoms with Crippen molar-refractivity contribution in [3.63, 3.8) is 0 Å². The summed E-state index contributed by atoms with van der Waals surface area (Å²) in [4.78, 5) is 35.9. The smallest absolute Gasteiger partial charge is 0.325 e. The predicted molar refractivity (Wildman–Crippen MR) is 92.1 cm³/mol. The highest BCUT2D eigenvalue weighted by atomic mass is 32.2. The summed E-state index contributed by atoms with van der Waals surface area (Å²) in [6, 6.07) is 5.05. The van der Waals surface area contributed by atoms with Crippen LogP contribution in [0.3, 0.4) is 0 Å². The molecule has 1 unspecified atom stereocenters. The Labute approximate surface area is 150 Å². The summed E-state index contributed by atoms with van der Waals surface area (Å²) in [6.07, 6.45) is 0. The van der Waals surface area contributed by atoms with E-state index in [4.69, 9.17) is 0 Å². The van der Waals surface area contributed by atoms with E-state index in [1.54, 1.807) is 26.0 Å². The molecule has 0 heterocycles. The molecule has 0 saturated carbocycles. The van der Waals surface area contributed by atoms with E-state index in [1.807, 2.05) is 0 Å². The topological polar surface area (TPSA) is 96.5 Å². The van der Waals surface area contributed by atoms with Crippen molar-refractivity contribution >= 4 is 29.7 Å². The van der Waals surface area contributed by atoms with E-state index in [0.29, 0.717) is 0 Å². The molecule has 9 heteroatoms. The molecule has 0 aliphatic heterocycles. The number of rotatable bonds is 9. The fraction of sp³-hybridized carbons (Fsp3) is 0.438. The van der Waals surface area contributed by atoms with Crippen molar-refractivity contribution in [2.75, 3.05) is 20.2 Å². The van der Waals surface area contributed by atoms with E-state index in [2.05, 4.69) is 20.1 Å². The molecule has 0 radical (unpaired) electrons. The molecule has 25 heavy (non-hydrogen) atoms. The minimum Gasteiger partial charge on any atom is -0.468 e. The molecule has 0 aliphatic carbocycles. The quantitative estimate of drug-likeness (QED) is 0.440. The first kappa shape index (κ1) is 20.9. The molecule has 0 fully saturated rings. The summed E-state index contributed by atoms with van der Waals surface area (Å²) < 4.78 is 20.1. The van der Waals surface area contributed by atoms with Crippen LogP contribution in [0.2, 0.25) is 0 Å². The lowest BCUT2D eigenvalue weighted by Crippen LogP contribution is -2.52. The maximum Gasteiger partial charge on any atom is 0.325 e. The van der Waals surface area contributed by atoms with Crippen LogP contribution >= 0.6 is 11.9 Å². The Balaban J connectivity index is 2.43. The number of methoxy groups -OCH3 is 1. The highest BCUT2D eigenvalue weighted by molar-refractivity contribution is 7.97. The highest BCUT2D eigenvalue weighted by Crippen LogP contribution is 2.14. The molecule has 0 aliphatic rings. The molecular weight excluding hydrogens is 349 g/mol. The Morgan fingerprint density at radius 3 is 2.36 bits per heavy atom. The van der Waals surface area contributed by atoms with Crippen molar-refractivity contribution in [1.82, 2.24) is 15.4 Å². The number of halogens is 1. The maximum atomic E-state index is 12.8. The van der Waals surface area contributed by atoms with Gasteiger partial charge in [0.25, 0.3) is 0 Å². The fourth-order valence-corrected chi connectivity index (χ4v) is 2.43. The molecule has 138 valence electrons. The minimum atomic E-state index is -0.769. The third-order valence-electron chi connectivity index (χ3n) is 3.14. The van der Waals surface area contributed by atoms with Crippen molar-refractivity contribution in [2.45, 2.75) is 24.8 Å². The molecule has 7 nitrogen and oxygen atoms in total. The number of esters is 1. The van der Waals surface area contributed by atoms with Crippen molar-refractivity contribution < 1.29 is 23.5 Å².